The van der Waals surface area contributed by atoms with E-state index in [0.717, 1.165) is 26.2 Å². The van der Waals surface area contributed by atoms with E-state index in [1.54, 1.807) is 7.11 Å². The zero-order valence-electron chi connectivity index (χ0n) is 10.2. The van der Waals surface area contributed by atoms with Crippen LogP contribution in [0.1, 0.15) is 26.7 Å². The fraction of sp³-hybridized carbons (Fsp3) is 1.00. The van der Waals surface area contributed by atoms with E-state index < -0.39 is 0 Å². The van der Waals surface area contributed by atoms with Gasteiger partial charge in [-0.3, -0.25) is 4.90 Å². The zero-order chi connectivity index (χ0) is 10.8. The fourth-order valence-corrected chi connectivity index (χ4v) is 1.48. The molecule has 0 aliphatic heterocycles. The maximum Gasteiger partial charge on any atom is 0.0589 e. The highest BCUT2D eigenvalue weighted by Gasteiger charge is 2.10. The van der Waals surface area contributed by atoms with Crippen molar-refractivity contribution >= 4 is 0 Å². The standard InChI is InChI=1S/C11H26N2O/c1-5-7-12-10-11(6-2)13(3)8-9-14-4/h11-12H,5-10H2,1-4H3. The monoisotopic (exact) mass is 202 g/mol. The van der Waals surface area contributed by atoms with Crippen molar-refractivity contribution in [2.75, 3.05) is 40.4 Å². The van der Waals surface area contributed by atoms with Gasteiger partial charge >= 0.3 is 0 Å². The van der Waals surface area contributed by atoms with Crippen LogP contribution in [0.4, 0.5) is 0 Å². The van der Waals surface area contributed by atoms with Crippen molar-refractivity contribution in [3.8, 4) is 0 Å². The third-order valence-corrected chi connectivity index (χ3v) is 2.55. The highest BCUT2D eigenvalue weighted by atomic mass is 16.5. The summed E-state index contributed by atoms with van der Waals surface area (Å²) >= 11 is 0. The van der Waals surface area contributed by atoms with Crippen molar-refractivity contribution in [2.45, 2.75) is 32.7 Å². The minimum Gasteiger partial charge on any atom is -0.383 e. The Bertz CT molecular complexity index is 120. The summed E-state index contributed by atoms with van der Waals surface area (Å²) in [6.45, 7) is 8.48. The quantitative estimate of drug-likeness (QED) is 0.571. The van der Waals surface area contributed by atoms with Crippen LogP contribution >= 0.6 is 0 Å². The lowest BCUT2D eigenvalue weighted by atomic mass is 10.2. The molecular formula is C11H26N2O. The van der Waals surface area contributed by atoms with Crippen LogP contribution in [-0.2, 0) is 4.74 Å². The molecule has 3 nitrogen and oxygen atoms in total. The Labute approximate surface area is 88.8 Å². The van der Waals surface area contributed by atoms with Crippen molar-refractivity contribution in [3.05, 3.63) is 0 Å². The Morgan fingerprint density at radius 3 is 2.57 bits per heavy atom. The molecule has 0 amide bonds. The number of ether oxygens (including phenoxy) is 1. The number of methoxy groups -OCH3 is 1. The van der Waals surface area contributed by atoms with E-state index in [2.05, 4.69) is 31.1 Å². The zero-order valence-corrected chi connectivity index (χ0v) is 10.2. The molecule has 0 rings (SSSR count). The summed E-state index contributed by atoms with van der Waals surface area (Å²) in [5.74, 6) is 0. The summed E-state index contributed by atoms with van der Waals surface area (Å²) in [5.41, 5.74) is 0. The summed E-state index contributed by atoms with van der Waals surface area (Å²) in [7, 11) is 3.92. The topological polar surface area (TPSA) is 24.5 Å². The van der Waals surface area contributed by atoms with Gasteiger partial charge in [0.05, 0.1) is 6.61 Å². The molecule has 0 aromatic carbocycles. The van der Waals surface area contributed by atoms with Gasteiger partial charge in [-0.1, -0.05) is 13.8 Å². The molecule has 0 aliphatic carbocycles. The smallest absolute Gasteiger partial charge is 0.0589 e. The van der Waals surface area contributed by atoms with Crippen molar-refractivity contribution < 1.29 is 4.74 Å². The Balaban J connectivity index is 3.62. The number of hydrogen-bond donors (Lipinski definition) is 1. The molecule has 0 radical (unpaired) electrons. The van der Waals surface area contributed by atoms with E-state index in [9.17, 15) is 0 Å². The normalized spacial score (nSPS) is 13.5. The average Bonchev–Trinajstić information content (AvgIpc) is 2.21. The number of likely N-dealkylation sites (N-methyl/N-ethyl adjacent to an activating group) is 1. The first-order valence-electron chi connectivity index (χ1n) is 5.66. The van der Waals surface area contributed by atoms with Crippen LogP contribution < -0.4 is 5.32 Å². The van der Waals surface area contributed by atoms with Gasteiger partial charge in [-0.15, -0.1) is 0 Å². The molecule has 0 aliphatic rings. The molecule has 1 unspecified atom stereocenters. The maximum absolute atomic E-state index is 5.07. The molecule has 0 aromatic rings. The lowest BCUT2D eigenvalue weighted by Crippen LogP contribution is -2.41. The fourth-order valence-electron chi connectivity index (χ4n) is 1.48. The number of hydrogen-bond acceptors (Lipinski definition) is 3. The van der Waals surface area contributed by atoms with Crippen LogP contribution in [0.2, 0.25) is 0 Å². The first-order chi connectivity index (χ1) is 6.76. The average molecular weight is 202 g/mol. The molecule has 0 bridgehead atoms. The SMILES string of the molecule is CCCNCC(CC)N(C)CCOC. The van der Waals surface area contributed by atoms with Crippen LogP contribution in [0.25, 0.3) is 0 Å². The minimum atomic E-state index is 0.636. The second-order valence-electron chi connectivity index (χ2n) is 3.74. The maximum atomic E-state index is 5.07. The molecule has 1 atom stereocenters. The van der Waals surface area contributed by atoms with Crippen molar-refractivity contribution in [2.24, 2.45) is 0 Å². The van der Waals surface area contributed by atoms with Crippen LogP contribution in [0.5, 0.6) is 0 Å². The van der Waals surface area contributed by atoms with E-state index >= 15 is 0 Å². The third kappa shape index (κ3) is 6.35. The van der Waals surface area contributed by atoms with Gasteiger partial charge < -0.3 is 10.1 Å². The van der Waals surface area contributed by atoms with E-state index in [0.29, 0.717) is 6.04 Å². The summed E-state index contributed by atoms with van der Waals surface area (Å²) in [6.07, 6.45) is 2.40. The number of rotatable bonds is 9. The summed E-state index contributed by atoms with van der Waals surface area (Å²) in [5, 5.41) is 3.46. The first-order valence-corrected chi connectivity index (χ1v) is 5.66. The summed E-state index contributed by atoms with van der Waals surface area (Å²) in [6, 6.07) is 0.636. The molecular weight excluding hydrogens is 176 g/mol. The first kappa shape index (κ1) is 13.9. The lowest BCUT2D eigenvalue weighted by Gasteiger charge is -2.27. The highest BCUT2D eigenvalue weighted by Crippen LogP contribution is 1.99. The third-order valence-electron chi connectivity index (χ3n) is 2.55. The van der Waals surface area contributed by atoms with Gasteiger partial charge in [-0.25, -0.2) is 0 Å². The van der Waals surface area contributed by atoms with Gasteiger partial charge in [-0.05, 0) is 26.4 Å². The van der Waals surface area contributed by atoms with E-state index in [-0.39, 0.29) is 0 Å². The highest BCUT2D eigenvalue weighted by molar-refractivity contribution is 4.69. The second kappa shape index (κ2) is 9.44. The molecule has 86 valence electrons. The Hall–Kier alpha value is -0.120. The molecule has 0 heterocycles. The van der Waals surface area contributed by atoms with Gasteiger partial charge in [0, 0.05) is 26.2 Å². The van der Waals surface area contributed by atoms with Crippen molar-refractivity contribution in [1.82, 2.24) is 10.2 Å². The van der Waals surface area contributed by atoms with Crippen LogP contribution in [-0.4, -0.2) is 51.3 Å². The molecule has 1 N–H and O–H groups in total. The van der Waals surface area contributed by atoms with Crippen LogP contribution in [0.3, 0.4) is 0 Å². The number of nitrogens with one attached hydrogen (secondary N) is 1. The second-order valence-corrected chi connectivity index (χ2v) is 3.74. The molecule has 0 fully saturated rings. The Kier molecular flexibility index (Phi) is 9.35. The van der Waals surface area contributed by atoms with Crippen LogP contribution in [0.15, 0.2) is 0 Å². The predicted octanol–water partition coefficient (Wildman–Crippen LogP) is 1.34. The Morgan fingerprint density at radius 1 is 1.36 bits per heavy atom. The molecule has 0 saturated heterocycles. The molecule has 0 saturated carbocycles. The van der Waals surface area contributed by atoms with E-state index in [1.165, 1.54) is 12.8 Å². The van der Waals surface area contributed by atoms with Gasteiger partial charge in [0.2, 0.25) is 0 Å². The van der Waals surface area contributed by atoms with Gasteiger partial charge in [-0.2, -0.15) is 0 Å². The van der Waals surface area contributed by atoms with Gasteiger partial charge in [0.25, 0.3) is 0 Å². The van der Waals surface area contributed by atoms with Gasteiger partial charge in [0.15, 0.2) is 0 Å². The largest absolute Gasteiger partial charge is 0.383 e. The summed E-state index contributed by atoms with van der Waals surface area (Å²) < 4.78 is 5.07. The van der Waals surface area contributed by atoms with Crippen molar-refractivity contribution in [3.63, 3.8) is 0 Å². The Morgan fingerprint density at radius 2 is 2.07 bits per heavy atom. The number of nitrogens with zero attached hydrogens (tertiary/aromatic N) is 1. The molecule has 3 heteroatoms. The van der Waals surface area contributed by atoms with Crippen molar-refractivity contribution in [1.29, 1.82) is 0 Å². The lowest BCUT2D eigenvalue weighted by molar-refractivity contribution is 0.136. The van der Waals surface area contributed by atoms with Gasteiger partial charge in [0.1, 0.15) is 0 Å². The van der Waals surface area contributed by atoms with E-state index in [4.69, 9.17) is 4.74 Å². The minimum absolute atomic E-state index is 0.636. The molecule has 0 aromatic heterocycles. The molecule has 14 heavy (non-hydrogen) atoms. The van der Waals surface area contributed by atoms with E-state index in [1.807, 2.05) is 0 Å². The summed E-state index contributed by atoms with van der Waals surface area (Å²) in [4.78, 5) is 2.37. The molecule has 0 spiro atoms. The predicted molar refractivity (Wildman–Crippen MR) is 61.7 cm³/mol. The van der Waals surface area contributed by atoms with Crippen LogP contribution in [0, 0.1) is 0 Å².